The fourth-order valence-electron chi connectivity index (χ4n) is 5.13. The Labute approximate surface area is 171 Å². The standard InChI is InChI=1S/C22H28N4O3/c1-28-19-9-14(10-20(29-2)21(19)27)13-26-15-5-6-18(26)16-12-23-22(24-17(16)11-15)25-7-3-4-8-25/h9-10,12,15,18,27H,3-8,11,13H2,1-2H3/t15-,18+/m0/s1. The lowest BCUT2D eigenvalue weighted by Crippen LogP contribution is -2.38. The summed E-state index contributed by atoms with van der Waals surface area (Å²) in [5.41, 5.74) is 3.58. The zero-order valence-electron chi connectivity index (χ0n) is 17.1. The third kappa shape index (κ3) is 3.17. The van der Waals surface area contributed by atoms with Crippen LogP contribution in [0.4, 0.5) is 5.95 Å². The van der Waals surface area contributed by atoms with Crippen molar-refractivity contribution >= 4 is 5.95 Å². The lowest BCUT2D eigenvalue weighted by atomic mass is 9.98. The third-order valence-electron chi connectivity index (χ3n) is 6.61. The number of aromatic hydroxyl groups is 1. The van der Waals surface area contributed by atoms with E-state index in [1.807, 2.05) is 12.1 Å². The molecule has 29 heavy (non-hydrogen) atoms. The van der Waals surface area contributed by atoms with Crippen molar-refractivity contribution in [2.75, 3.05) is 32.2 Å². The number of benzene rings is 1. The summed E-state index contributed by atoms with van der Waals surface area (Å²) in [4.78, 5) is 14.5. The fourth-order valence-corrected chi connectivity index (χ4v) is 5.13. The Morgan fingerprint density at radius 3 is 2.52 bits per heavy atom. The second-order valence-electron chi connectivity index (χ2n) is 8.24. The lowest BCUT2D eigenvalue weighted by Gasteiger charge is -2.36. The molecule has 4 heterocycles. The van der Waals surface area contributed by atoms with E-state index in [2.05, 4.69) is 16.0 Å². The Bertz CT molecular complexity index is 888. The van der Waals surface area contributed by atoms with Gasteiger partial charge in [-0.15, -0.1) is 0 Å². The summed E-state index contributed by atoms with van der Waals surface area (Å²) in [6.45, 7) is 2.93. The summed E-state index contributed by atoms with van der Waals surface area (Å²) in [7, 11) is 3.13. The predicted molar refractivity (Wildman–Crippen MR) is 110 cm³/mol. The summed E-state index contributed by atoms with van der Waals surface area (Å²) in [6, 6.07) is 4.64. The van der Waals surface area contributed by atoms with Crippen molar-refractivity contribution in [3.8, 4) is 17.2 Å². The highest BCUT2D eigenvalue weighted by atomic mass is 16.5. The number of phenols is 1. The van der Waals surface area contributed by atoms with Crippen LogP contribution in [0.5, 0.6) is 17.2 Å². The number of anilines is 1. The zero-order valence-corrected chi connectivity index (χ0v) is 17.1. The molecule has 2 aromatic rings. The molecular weight excluding hydrogens is 368 g/mol. The van der Waals surface area contributed by atoms with Gasteiger partial charge in [0.2, 0.25) is 11.7 Å². The van der Waals surface area contributed by atoms with E-state index in [4.69, 9.17) is 19.4 Å². The summed E-state index contributed by atoms with van der Waals surface area (Å²) < 4.78 is 10.7. The Morgan fingerprint density at radius 2 is 1.83 bits per heavy atom. The Kier molecular flexibility index (Phi) is 4.70. The molecule has 2 atom stereocenters. The van der Waals surface area contributed by atoms with Gasteiger partial charge in [0.05, 0.1) is 19.9 Å². The highest BCUT2D eigenvalue weighted by molar-refractivity contribution is 5.53. The summed E-state index contributed by atoms with van der Waals surface area (Å²) in [5, 5.41) is 10.2. The van der Waals surface area contributed by atoms with E-state index >= 15 is 0 Å². The largest absolute Gasteiger partial charge is 0.502 e. The first-order valence-corrected chi connectivity index (χ1v) is 10.5. The molecule has 0 unspecified atom stereocenters. The van der Waals surface area contributed by atoms with Gasteiger partial charge in [-0.2, -0.15) is 0 Å². The fraction of sp³-hybridized carbons (Fsp3) is 0.545. The van der Waals surface area contributed by atoms with E-state index < -0.39 is 0 Å². The van der Waals surface area contributed by atoms with Crippen LogP contribution >= 0.6 is 0 Å². The van der Waals surface area contributed by atoms with Crippen molar-refractivity contribution in [2.24, 2.45) is 0 Å². The first-order chi connectivity index (χ1) is 14.2. The van der Waals surface area contributed by atoms with Gasteiger partial charge in [0, 0.05) is 49.9 Å². The Balaban J connectivity index is 1.41. The third-order valence-corrected chi connectivity index (χ3v) is 6.61. The van der Waals surface area contributed by atoms with Crippen LogP contribution in [0.2, 0.25) is 0 Å². The van der Waals surface area contributed by atoms with Gasteiger partial charge in [0.25, 0.3) is 0 Å². The number of nitrogens with zero attached hydrogens (tertiary/aromatic N) is 4. The smallest absolute Gasteiger partial charge is 0.225 e. The van der Waals surface area contributed by atoms with Crippen molar-refractivity contribution in [3.63, 3.8) is 0 Å². The molecule has 2 bridgehead atoms. The monoisotopic (exact) mass is 396 g/mol. The first kappa shape index (κ1) is 18.5. The zero-order chi connectivity index (χ0) is 20.0. The molecule has 154 valence electrons. The number of fused-ring (bicyclic) bond motifs is 4. The maximum atomic E-state index is 10.2. The number of rotatable bonds is 5. The molecule has 2 saturated heterocycles. The molecule has 0 aliphatic carbocycles. The molecule has 2 fully saturated rings. The van der Waals surface area contributed by atoms with Crippen molar-refractivity contribution in [1.29, 1.82) is 0 Å². The van der Waals surface area contributed by atoms with E-state index in [1.165, 1.54) is 30.5 Å². The van der Waals surface area contributed by atoms with E-state index in [0.717, 1.165) is 44.0 Å². The van der Waals surface area contributed by atoms with Gasteiger partial charge in [-0.3, -0.25) is 4.90 Å². The molecule has 3 aliphatic rings. The van der Waals surface area contributed by atoms with Gasteiger partial charge in [0.1, 0.15) is 0 Å². The van der Waals surface area contributed by atoms with Gasteiger partial charge in [-0.05, 0) is 43.4 Å². The molecule has 7 heteroatoms. The normalized spacial score (nSPS) is 23.3. The van der Waals surface area contributed by atoms with Crippen LogP contribution in [0.1, 0.15) is 48.5 Å². The molecule has 0 spiro atoms. The van der Waals surface area contributed by atoms with Crippen molar-refractivity contribution < 1.29 is 14.6 Å². The maximum absolute atomic E-state index is 10.2. The highest BCUT2D eigenvalue weighted by Crippen LogP contribution is 2.45. The summed E-state index contributed by atoms with van der Waals surface area (Å²) >= 11 is 0. The van der Waals surface area contributed by atoms with Crippen LogP contribution in [0, 0.1) is 0 Å². The van der Waals surface area contributed by atoms with Gasteiger partial charge >= 0.3 is 0 Å². The quantitative estimate of drug-likeness (QED) is 0.833. The van der Waals surface area contributed by atoms with Gasteiger partial charge in [0.15, 0.2) is 11.5 Å². The second-order valence-corrected chi connectivity index (χ2v) is 8.24. The van der Waals surface area contributed by atoms with Crippen LogP contribution in [0.15, 0.2) is 18.3 Å². The molecule has 5 rings (SSSR count). The van der Waals surface area contributed by atoms with E-state index in [-0.39, 0.29) is 5.75 Å². The van der Waals surface area contributed by atoms with E-state index in [1.54, 1.807) is 14.2 Å². The molecule has 1 N–H and O–H groups in total. The minimum atomic E-state index is 0.0496. The molecular formula is C22H28N4O3. The van der Waals surface area contributed by atoms with Crippen LogP contribution in [0.3, 0.4) is 0 Å². The number of methoxy groups -OCH3 is 2. The first-order valence-electron chi connectivity index (χ1n) is 10.5. The highest BCUT2D eigenvalue weighted by Gasteiger charge is 2.41. The predicted octanol–water partition coefficient (Wildman–Crippen LogP) is 3.06. The van der Waals surface area contributed by atoms with Crippen LogP contribution in [-0.4, -0.2) is 53.3 Å². The molecule has 1 aromatic heterocycles. The van der Waals surface area contributed by atoms with E-state index in [0.29, 0.717) is 23.6 Å². The van der Waals surface area contributed by atoms with Crippen LogP contribution in [0.25, 0.3) is 0 Å². The van der Waals surface area contributed by atoms with Crippen molar-refractivity contribution in [1.82, 2.24) is 14.9 Å². The molecule has 0 amide bonds. The number of aromatic nitrogens is 2. The molecule has 3 aliphatic heterocycles. The Morgan fingerprint density at radius 1 is 1.10 bits per heavy atom. The van der Waals surface area contributed by atoms with E-state index in [9.17, 15) is 5.11 Å². The molecule has 7 nitrogen and oxygen atoms in total. The SMILES string of the molecule is COc1cc(CN2[C@H]3CC[C@@H]2c2cnc(N4CCCC4)nc2C3)cc(OC)c1O. The average Bonchev–Trinajstić information content (AvgIpc) is 3.36. The number of hydrogen-bond acceptors (Lipinski definition) is 7. The van der Waals surface area contributed by atoms with Crippen LogP contribution in [-0.2, 0) is 13.0 Å². The average molecular weight is 396 g/mol. The number of ether oxygens (including phenoxy) is 2. The number of phenolic OH excluding ortho intramolecular Hbond substituents is 1. The van der Waals surface area contributed by atoms with Crippen LogP contribution < -0.4 is 14.4 Å². The minimum absolute atomic E-state index is 0.0496. The molecule has 0 saturated carbocycles. The van der Waals surface area contributed by atoms with Gasteiger partial charge < -0.3 is 19.5 Å². The van der Waals surface area contributed by atoms with Gasteiger partial charge in [-0.1, -0.05) is 0 Å². The van der Waals surface area contributed by atoms with Crippen molar-refractivity contribution in [3.05, 3.63) is 35.2 Å². The summed E-state index contributed by atoms with van der Waals surface area (Å²) in [6.07, 6.45) is 7.82. The Hall–Kier alpha value is -2.54. The van der Waals surface area contributed by atoms with Gasteiger partial charge in [-0.25, -0.2) is 9.97 Å². The topological polar surface area (TPSA) is 71.0 Å². The minimum Gasteiger partial charge on any atom is -0.502 e. The summed E-state index contributed by atoms with van der Waals surface area (Å²) in [5.74, 6) is 1.85. The molecule has 0 radical (unpaired) electrons. The number of hydrogen-bond donors (Lipinski definition) is 1. The second kappa shape index (κ2) is 7.37. The van der Waals surface area contributed by atoms with Crippen molar-refractivity contribution in [2.45, 2.75) is 50.7 Å². The lowest BCUT2D eigenvalue weighted by molar-refractivity contribution is 0.165. The maximum Gasteiger partial charge on any atom is 0.225 e. The molecule has 1 aromatic carbocycles.